The Morgan fingerprint density at radius 3 is 2.40 bits per heavy atom. The van der Waals surface area contributed by atoms with E-state index >= 15 is 0 Å². The highest BCUT2D eigenvalue weighted by atomic mass is 16.2. The molecule has 0 amide bonds. The van der Waals surface area contributed by atoms with E-state index in [-0.39, 0.29) is 6.61 Å². The average molecular weight is 71.1 g/mol. The molecule has 1 N–H and O–H groups in total. The maximum absolute atomic E-state index is 9.01. The summed E-state index contributed by atoms with van der Waals surface area (Å²) in [5.74, 6) is 1.27. The summed E-state index contributed by atoms with van der Waals surface area (Å²) in [6.45, 7) is -0.330. The summed E-state index contributed by atoms with van der Waals surface area (Å²) in [4.78, 5) is 9.01. The van der Waals surface area contributed by atoms with Gasteiger partial charge in [-0.2, -0.15) is 0 Å². The van der Waals surface area contributed by atoms with Gasteiger partial charge < -0.3 is 5.11 Å². The molecule has 2 heteroatoms. The van der Waals surface area contributed by atoms with Crippen LogP contribution in [-0.4, -0.2) is 17.7 Å². The van der Waals surface area contributed by atoms with Crippen LogP contribution in [0.2, 0.25) is 0 Å². The molecular weight excluding hydrogens is 68.0 g/mol. The Morgan fingerprint density at radius 1 is 1.80 bits per heavy atom. The van der Waals surface area contributed by atoms with Crippen LogP contribution in [0.1, 0.15) is 0 Å². The Hall–Kier alpha value is -0.590. The van der Waals surface area contributed by atoms with Gasteiger partial charge in [-0.05, 0) is 0 Å². The Kier molecular flexibility index (Phi) is 3.01. The molecule has 0 aliphatic rings. The SMILES string of the molecule is O=C=[C]CO. The van der Waals surface area contributed by atoms with E-state index in [9.17, 15) is 0 Å². The van der Waals surface area contributed by atoms with Gasteiger partial charge in [0.25, 0.3) is 0 Å². The molecule has 0 aliphatic heterocycles. The van der Waals surface area contributed by atoms with Crippen molar-refractivity contribution in [3.8, 4) is 0 Å². The molecule has 0 saturated carbocycles. The summed E-state index contributed by atoms with van der Waals surface area (Å²) in [5, 5.41) is 7.69. The van der Waals surface area contributed by atoms with E-state index in [2.05, 4.69) is 0 Å². The Balaban J connectivity index is 2.93. The first-order valence-corrected chi connectivity index (χ1v) is 1.12. The van der Waals surface area contributed by atoms with Crippen molar-refractivity contribution in [1.29, 1.82) is 0 Å². The summed E-state index contributed by atoms with van der Waals surface area (Å²) < 4.78 is 0. The maximum Gasteiger partial charge on any atom is 0.131 e. The minimum atomic E-state index is -0.330. The van der Waals surface area contributed by atoms with Crippen LogP contribution < -0.4 is 0 Å². The van der Waals surface area contributed by atoms with Gasteiger partial charge >= 0.3 is 0 Å². The molecule has 0 bridgehead atoms. The monoisotopic (exact) mass is 71.0 g/mol. The van der Waals surface area contributed by atoms with Crippen LogP contribution in [0.4, 0.5) is 0 Å². The third kappa shape index (κ3) is 3.41. The molecular formula is C3H3O2. The predicted molar refractivity (Wildman–Crippen MR) is 16.0 cm³/mol. The second-order valence-corrected chi connectivity index (χ2v) is 0.437. The Bertz CT molecular complexity index is 51.9. The van der Waals surface area contributed by atoms with Crippen LogP contribution in [0.15, 0.2) is 0 Å². The third-order valence-electron chi connectivity index (χ3n) is 0.151. The molecule has 0 saturated heterocycles. The Morgan fingerprint density at radius 2 is 2.40 bits per heavy atom. The van der Waals surface area contributed by atoms with Gasteiger partial charge in [-0.15, -0.1) is 0 Å². The van der Waals surface area contributed by atoms with E-state index in [4.69, 9.17) is 9.90 Å². The molecule has 5 heavy (non-hydrogen) atoms. The van der Waals surface area contributed by atoms with Crippen molar-refractivity contribution >= 4 is 5.94 Å². The molecule has 2 nitrogen and oxygen atoms in total. The lowest BCUT2D eigenvalue weighted by Gasteiger charge is -1.56. The Labute approximate surface area is 29.7 Å². The minimum Gasteiger partial charge on any atom is -0.391 e. The molecule has 0 heterocycles. The highest BCUT2D eigenvalue weighted by molar-refractivity contribution is 5.40. The number of hydrogen-bond acceptors (Lipinski definition) is 2. The standard InChI is InChI=1S/C3H3O2/c4-2-1-3-5/h4H,2H2. The molecule has 0 spiro atoms. The zero-order valence-corrected chi connectivity index (χ0v) is 2.56. The van der Waals surface area contributed by atoms with Crippen molar-refractivity contribution in [3.63, 3.8) is 0 Å². The zero-order chi connectivity index (χ0) is 4.12. The highest BCUT2D eigenvalue weighted by Crippen LogP contribution is 1.42. The molecule has 0 aromatic carbocycles. The van der Waals surface area contributed by atoms with Gasteiger partial charge in [-0.1, -0.05) is 0 Å². The van der Waals surface area contributed by atoms with Crippen molar-refractivity contribution in [2.24, 2.45) is 0 Å². The van der Waals surface area contributed by atoms with E-state index in [1.165, 1.54) is 5.94 Å². The van der Waals surface area contributed by atoms with Crippen molar-refractivity contribution in [3.05, 3.63) is 6.08 Å². The number of hydrogen-bond donors (Lipinski definition) is 1. The predicted octanol–water partition coefficient (Wildman–Crippen LogP) is -0.830. The quantitative estimate of drug-likeness (QED) is 0.410. The summed E-state index contributed by atoms with van der Waals surface area (Å²) in [5.41, 5.74) is 0. The summed E-state index contributed by atoms with van der Waals surface area (Å²) in [7, 11) is 0. The van der Waals surface area contributed by atoms with Crippen LogP contribution >= 0.6 is 0 Å². The van der Waals surface area contributed by atoms with Gasteiger partial charge in [0.1, 0.15) is 5.94 Å². The molecule has 27 valence electrons. The molecule has 0 rings (SSSR count). The lowest BCUT2D eigenvalue weighted by atomic mass is 10.7. The van der Waals surface area contributed by atoms with Crippen LogP contribution in [0.3, 0.4) is 0 Å². The van der Waals surface area contributed by atoms with Crippen molar-refractivity contribution < 1.29 is 9.90 Å². The topological polar surface area (TPSA) is 37.3 Å². The summed E-state index contributed by atoms with van der Waals surface area (Å²) >= 11 is 0. The largest absolute Gasteiger partial charge is 0.391 e. The van der Waals surface area contributed by atoms with Gasteiger partial charge in [0, 0.05) is 0 Å². The van der Waals surface area contributed by atoms with Crippen LogP contribution in [0.5, 0.6) is 0 Å². The van der Waals surface area contributed by atoms with Gasteiger partial charge in [-0.25, -0.2) is 4.79 Å². The average Bonchev–Trinajstić information content (AvgIpc) is 1.41. The van der Waals surface area contributed by atoms with E-state index in [0.717, 1.165) is 0 Å². The van der Waals surface area contributed by atoms with E-state index < -0.39 is 0 Å². The highest BCUT2D eigenvalue weighted by Gasteiger charge is 1.56. The summed E-state index contributed by atoms with van der Waals surface area (Å²) in [6.07, 6.45) is 1.86. The molecule has 0 aromatic rings. The van der Waals surface area contributed by atoms with E-state index in [1.54, 1.807) is 0 Å². The lowest BCUT2D eigenvalue weighted by molar-refractivity contribution is 0.337. The first-order valence-electron chi connectivity index (χ1n) is 1.12. The van der Waals surface area contributed by atoms with Crippen LogP contribution in [0.25, 0.3) is 0 Å². The van der Waals surface area contributed by atoms with Gasteiger partial charge in [-0.3, -0.25) is 0 Å². The van der Waals surface area contributed by atoms with Gasteiger partial charge in [0.2, 0.25) is 0 Å². The van der Waals surface area contributed by atoms with Crippen molar-refractivity contribution in [2.75, 3.05) is 6.61 Å². The van der Waals surface area contributed by atoms with Crippen molar-refractivity contribution in [1.82, 2.24) is 0 Å². The van der Waals surface area contributed by atoms with Crippen LogP contribution in [0, 0.1) is 6.08 Å². The normalized spacial score (nSPS) is 5.80. The molecule has 0 aliphatic carbocycles. The van der Waals surface area contributed by atoms with Crippen LogP contribution in [-0.2, 0) is 4.79 Å². The zero-order valence-electron chi connectivity index (χ0n) is 2.56. The maximum atomic E-state index is 9.01. The molecule has 0 atom stereocenters. The smallest absolute Gasteiger partial charge is 0.131 e. The summed E-state index contributed by atoms with van der Waals surface area (Å²) in [6, 6.07) is 0. The first-order chi connectivity index (χ1) is 2.41. The number of aliphatic hydroxyl groups excluding tert-OH is 1. The van der Waals surface area contributed by atoms with Gasteiger partial charge in [0.15, 0.2) is 0 Å². The van der Waals surface area contributed by atoms with E-state index in [0.29, 0.717) is 0 Å². The second-order valence-electron chi connectivity index (χ2n) is 0.437. The molecule has 1 radical (unpaired) electrons. The van der Waals surface area contributed by atoms with Gasteiger partial charge in [0.05, 0.1) is 12.7 Å². The van der Waals surface area contributed by atoms with E-state index in [1.807, 2.05) is 6.08 Å². The van der Waals surface area contributed by atoms with Crippen molar-refractivity contribution in [2.45, 2.75) is 0 Å². The lowest BCUT2D eigenvalue weighted by Crippen LogP contribution is -1.68. The fourth-order valence-electron chi connectivity index (χ4n) is 0.0323. The number of carbonyl (C=O) groups excluding carboxylic acids is 1. The second kappa shape index (κ2) is 3.41. The first kappa shape index (κ1) is 4.41. The molecule has 0 unspecified atom stereocenters. The number of rotatable bonds is 1. The minimum absolute atomic E-state index is 0.330. The number of aliphatic hydroxyl groups is 1. The molecule has 0 fully saturated rings. The molecule has 0 aromatic heterocycles. The third-order valence-corrected chi connectivity index (χ3v) is 0.151. The fourth-order valence-corrected chi connectivity index (χ4v) is 0.0323. The fraction of sp³-hybridized carbons (Fsp3) is 0.333.